The third-order valence-corrected chi connectivity index (χ3v) is 5.35. The first kappa shape index (κ1) is 16.4. The van der Waals surface area contributed by atoms with E-state index >= 15 is 0 Å². The zero-order chi connectivity index (χ0) is 15.4. The van der Waals surface area contributed by atoms with Gasteiger partial charge in [0, 0.05) is 13.1 Å². The van der Waals surface area contributed by atoms with Crippen molar-refractivity contribution in [2.24, 2.45) is 0 Å². The summed E-state index contributed by atoms with van der Waals surface area (Å²) < 4.78 is 0.674. The number of hydrogen-bond donors (Lipinski definition) is 2. The van der Waals surface area contributed by atoms with Crippen molar-refractivity contribution in [1.82, 2.24) is 9.88 Å². The van der Waals surface area contributed by atoms with Crippen LogP contribution in [0.1, 0.15) is 15.4 Å². The van der Waals surface area contributed by atoms with Crippen molar-refractivity contribution in [3.63, 3.8) is 0 Å². The highest BCUT2D eigenvalue weighted by Gasteiger charge is 2.21. The van der Waals surface area contributed by atoms with Crippen LogP contribution in [0.4, 0.5) is 0 Å². The summed E-state index contributed by atoms with van der Waals surface area (Å²) in [6.07, 6.45) is 0. The van der Waals surface area contributed by atoms with Crippen molar-refractivity contribution >= 4 is 40.2 Å². The Hall–Kier alpha value is -0.990. The molecule has 2 heterocycles. The summed E-state index contributed by atoms with van der Waals surface area (Å²) >= 11 is 8.63. The molecule has 0 aliphatic carbocycles. The largest absolute Gasteiger partial charge is 0.395 e. The summed E-state index contributed by atoms with van der Waals surface area (Å²) in [5, 5.41) is 18.8. The lowest BCUT2D eigenvalue weighted by Gasteiger charge is -2.19. The van der Waals surface area contributed by atoms with Crippen molar-refractivity contribution in [1.29, 1.82) is 0 Å². The molecule has 0 radical (unpaired) electrons. The Balaban J connectivity index is 2.27. The Labute approximate surface area is 135 Å². The highest BCUT2D eigenvalue weighted by Crippen LogP contribution is 2.35. The molecule has 0 saturated carbocycles. The number of aryl methyl sites for hydroxylation is 1. The number of aliphatic hydroxyl groups excluding tert-OH is 2. The van der Waals surface area contributed by atoms with Gasteiger partial charge in [-0.25, -0.2) is 4.98 Å². The zero-order valence-corrected chi connectivity index (χ0v) is 13.8. The minimum atomic E-state index is -0.220. The highest BCUT2D eigenvalue weighted by atomic mass is 35.5. The molecule has 0 aliphatic heterocycles. The Bertz CT molecular complexity index is 621. The Morgan fingerprint density at radius 3 is 2.48 bits per heavy atom. The van der Waals surface area contributed by atoms with E-state index in [1.165, 1.54) is 27.6 Å². The second-order valence-corrected chi connectivity index (χ2v) is 6.99. The maximum Gasteiger partial charge on any atom is 0.266 e. The maximum atomic E-state index is 12.4. The van der Waals surface area contributed by atoms with E-state index in [4.69, 9.17) is 21.8 Å². The molecule has 21 heavy (non-hydrogen) atoms. The SMILES string of the molecule is Cc1nc(-c2ccc(Cl)s2)sc1C(=O)N(CCO)CCO. The van der Waals surface area contributed by atoms with E-state index in [0.717, 1.165) is 9.88 Å². The van der Waals surface area contributed by atoms with E-state index in [1.54, 1.807) is 13.0 Å². The number of hydrogen-bond acceptors (Lipinski definition) is 6. The van der Waals surface area contributed by atoms with Gasteiger partial charge in [0.1, 0.15) is 9.88 Å². The van der Waals surface area contributed by atoms with E-state index in [2.05, 4.69) is 4.98 Å². The molecule has 2 aromatic heterocycles. The molecule has 0 aliphatic rings. The number of aromatic nitrogens is 1. The lowest BCUT2D eigenvalue weighted by molar-refractivity contribution is 0.0688. The van der Waals surface area contributed by atoms with Gasteiger partial charge in [0.15, 0.2) is 0 Å². The predicted molar refractivity (Wildman–Crippen MR) is 85.2 cm³/mol. The number of carbonyl (C=O) groups is 1. The van der Waals surface area contributed by atoms with Crippen LogP contribution in [0.25, 0.3) is 9.88 Å². The topological polar surface area (TPSA) is 73.7 Å². The predicted octanol–water partition coefficient (Wildman–Crippen LogP) is 2.26. The molecular weight excluding hydrogens is 332 g/mol. The van der Waals surface area contributed by atoms with Crippen LogP contribution in [0.15, 0.2) is 12.1 Å². The smallest absolute Gasteiger partial charge is 0.266 e. The lowest BCUT2D eigenvalue weighted by atomic mass is 10.3. The van der Waals surface area contributed by atoms with Crippen LogP contribution < -0.4 is 0 Å². The highest BCUT2D eigenvalue weighted by molar-refractivity contribution is 7.24. The Morgan fingerprint density at radius 2 is 1.95 bits per heavy atom. The van der Waals surface area contributed by atoms with Gasteiger partial charge in [0.05, 0.1) is 28.1 Å². The van der Waals surface area contributed by atoms with Crippen LogP contribution >= 0.6 is 34.3 Å². The minimum Gasteiger partial charge on any atom is -0.395 e. The van der Waals surface area contributed by atoms with E-state index in [9.17, 15) is 4.79 Å². The molecule has 8 heteroatoms. The van der Waals surface area contributed by atoms with Crippen LogP contribution in [0, 0.1) is 6.92 Å². The fourth-order valence-corrected chi connectivity index (χ4v) is 3.96. The molecule has 1 amide bonds. The van der Waals surface area contributed by atoms with Crippen LogP contribution in [0.5, 0.6) is 0 Å². The summed E-state index contributed by atoms with van der Waals surface area (Å²) in [4.78, 5) is 19.7. The number of thiophene rings is 1. The van der Waals surface area contributed by atoms with Crippen LogP contribution in [-0.4, -0.2) is 52.3 Å². The molecular formula is C13H15ClN2O3S2. The number of amides is 1. The molecule has 2 N–H and O–H groups in total. The fraction of sp³-hybridized carbons (Fsp3) is 0.385. The third-order valence-electron chi connectivity index (χ3n) is 2.80. The molecule has 5 nitrogen and oxygen atoms in total. The van der Waals surface area contributed by atoms with Gasteiger partial charge in [-0.1, -0.05) is 11.6 Å². The first-order valence-corrected chi connectivity index (χ1v) is 8.32. The summed E-state index contributed by atoms with van der Waals surface area (Å²) in [5.41, 5.74) is 0.644. The first-order valence-electron chi connectivity index (χ1n) is 6.31. The van der Waals surface area contributed by atoms with Gasteiger partial charge in [-0.2, -0.15) is 0 Å². The molecule has 2 aromatic rings. The minimum absolute atomic E-state index is 0.142. The van der Waals surface area contributed by atoms with Crippen molar-refractivity contribution in [3.05, 3.63) is 27.0 Å². The molecule has 0 unspecified atom stereocenters. The van der Waals surface area contributed by atoms with Gasteiger partial charge in [0.2, 0.25) is 0 Å². The first-order chi connectivity index (χ1) is 10.1. The zero-order valence-electron chi connectivity index (χ0n) is 11.4. The quantitative estimate of drug-likeness (QED) is 0.841. The van der Waals surface area contributed by atoms with Crippen molar-refractivity contribution in [2.75, 3.05) is 26.3 Å². The summed E-state index contributed by atoms with van der Waals surface area (Å²) in [6, 6.07) is 3.67. The summed E-state index contributed by atoms with van der Waals surface area (Å²) in [7, 11) is 0. The number of nitrogens with zero attached hydrogens (tertiary/aromatic N) is 2. The molecule has 0 spiro atoms. The van der Waals surface area contributed by atoms with Crippen LogP contribution in [0.3, 0.4) is 0 Å². The standard InChI is InChI=1S/C13H15ClN2O3S2/c1-8-11(13(19)16(4-6-17)5-7-18)21-12(15-8)9-2-3-10(14)20-9/h2-3,17-18H,4-7H2,1H3. The van der Waals surface area contributed by atoms with Gasteiger partial charge in [0.25, 0.3) is 5.91 Å². The number of thiazole rings is 1. The van der Waals surface area contributed by atoms with Crippen LogP contribution in [0.2, 0.25) is 4.34 Å². The molecule has 0 saturated heterocycles. The van der Waals surface area contributed by atoms with Gasteiger partial charge >= 0.3 is 0 Å². The van der Waals surface area contributed by atoms with Crippen molar-refractivity contribution < 1.29 is 15.0 Å². The van der Waals surface area contributed by atoms with Gasteiger partial charge in [-0.05, 0) is 19.1 Å². The average molecular weight is 347 g/mol. The van der Waals surface area contributed by atoms with Gasteiger partial charge in [-0.15, -0.1) is 22.7 Å². The number of halogens is 1. The fourth-order valence-electron chi connectivity index (χ4n) is 1.83. The Kier molecular flexibility index (Phi) is 5.72. The normalized spacial score (nSPS) is 10.9. The van der Waals surface area contributed by atoms with E-state index in [1.807, 2.05) is 6.07 Å². The molecule has 0 atom stereocenters. The van der Waals surface area contributed by atoms with Gasteiger partial charge in [-0.3, -0.25) is 4.79 Å². The number of aliphatic hydroxyl groups is 2. The second kappa shape index (κ2) is 7.33. The Morgan fingerprint density at radius 1 is 1.29 bits per heavy atom. The lowest BCUT2D eigenvalue weighted by Crippen LogP contribution is -2.35. The average Bonchev–Trinajstić information content (AvgIpc) is 3.04. The van der Waals surface area contributed by atoms with E-state index < -0.39 is 0 Å². The van der Waals surface area contributed by atoms with E-state index in [-0.39, 0.29) is 32.2 Å². The maximum absolute atomic E-state index is 12.4. The molecule has 114 valence electrons. The van der Waals surface area contributed by atoms with E-state index in [0.29, 0.717) is 14.9 Å². The van der Waals surface area contributed by atoms with Crippen molar-refractivity contribution in [3.8, 4) is 9.88 Å². The van der Waals surface area contributed by atoms with Gasteiger partial charge < -0.3 is 15.1 Å². The summed E-state index contributed by atoms with van der Waals surface area (Å²) in [5.74, 6) is -0.220. The number of rotatable bonds is 6. The molecule has 2 rings (SSSR count). The third kappa shape index (κ3) is 3.81. The number of carbonyl (C=O) groups excluding carboxylic acids is 1. The molecule has 0 fully saturated rings. The second-order valence-electron chi connectivity index (χ2n) is 4.28. The van der Waals surface area contributed by atoms with Crippen molar-refractivity contribution in [2.45, 2.75) is 6.92 Å². The monoisotopic (exact) mass is 346 g/mol. The summed E-state index contributed by atoms with van der Waals surface area (Å²) in [6.45, 7) is 1.88. The molecule has 0 bridgehead atoms. The van der Waals surface area contributed by atoms with Crippen LogP contribution in [-0.2, 0) is 0 Å². The molecule has 0 aromatic carbocycles.